The number of pyridine rings is 2. The molecule has 0 aliphatic rings. The summed E-state index contributed by atoms with van der Waals surface area (Å²) >= 11 is 0. The zero-order chi connectivity index (χ0) is 33.0. The van der Waals surface area contributed by atoms with Crippen LogP contribution < -0.4 is 0 Å². The molecule has 8 aromatic rings. The number of benzene rings is 4. The van der Waals surface area contributed by atoms with Crippen LogP contribution in [0.5, 0.6) is 0 Å². The maximum atomic E-state index is 4.95. The Hall–Kier alpha value is -4.58. The molecular formula is C42H36Ir2N6-2. The van der Waals surface area contributed by atoms with Crippen molar-refractivity contribution in [2.24, 2.45) is 0 Å². The molecule has 0 atom stereocenters. The van der Waals surface area contributed by atoms with Crippen molar-refractivity contribution >= 4 is 22.1 Å². The summed E-state index contributed by atoms with van der Waals surface area (Å²) in [5.74, 6) is 2.56. The van der Waals surface area contributed by atoms with Gasteiger partial charge < -0.3 is 19.1 Å². The molecule has 0 bridgehead atoms. The van der Waals surface area contributed by atoms with Crippen LogP contribution in [0.1, 0.15) is 50.7 Å². The van der Waals surface area contributed by atoms with Gasteiger partial charge in [-0.25, -0.2) is 0 Å². The molecule has 0 amide bonds. The van der Waals surface area contributed by atoms with Gasteiger partial charge in [-0.05, 0) is 59.4 Å². The van der Waals surface area contributed by atoms with Crippen LogP contribution in [-0.2, 0) is 40.2 Å². The quantitative estimate of drug-likeness (QED) is 0.156. The second kappa shape index (κ2) is 16.4. The van der Waals surface area contributed by atoms with Gasteiger partial charge in [0.2, 0.25) is 0 Å². The molecule has 4 heterocycles. The summed E-state index contributed by atoms with van der Waals surface area (Å²) in [5, 5.41) is 0. The van der Waals surface area contributed by atoms with Gasteiger partial charge >= 0.3 is 0 Å². The van der Waals surface area contributed by atoms with E-state index in [0.717, 1.165) is 50.5 Å². The van der Waals surface area contributed by atoms with Crippen molar-refractivity contribution in [3.05, 3.63) is 157 Å². The second-order valence-electron chi connectivity index (χ2n) is 12.3. The molecule has 6 nitrogen and oxygen atoms in total. The SMILES string of the molecule is CC(C)c1cccc(C(C)C)c1-n1c(-c2[c-]ccnc2)nc2ccccc21.[Ir].[Ir].[c-]1ccncc1-c1nc2ccccc2n1-c1ccccc1. The van der Waals surface area contributed by atoms with Crippen molar-refractivity contribution in [1.82, 2.24) is 29.1 Å². The van der Waals surface area contributed by atoms with Crippen molar-refractivity contribution in [3.8, 4) is 34.2 Å². The van der Waals surface area contributed by atoms with Crippen molar-refractivity contribution in [1.29, 1.82) is 0 Å². The molecule has 254 valence electrons. The number of hydrogen-bond acceptors (Lipinski definition) is 4. The second-order valence-corrected chi connectivity index (χ2v) is 12.3. The molecular weight excluding hydrogens is 973 g/mol. The van der Waals surface area contributed by atoms with E-state index in [-0.39, 0.29) is 40.2 Å². The van der Waals surface area contributed by atoms with Crippen LogP contribution in [0.25, 0.3) is 56.2 Å². The molecule has 4 aromatic heterocycles. The number of para-hydroxylation sites is 6. The molecule has 0 spiro atoms. The van der Waals surface area contributed by atoms with Crippen molar-refractivity contribution < 1.29 is 40.2 Å². The smallest absolute Gasteiger partial charge is 0.0774 e. The predicted octanol–water partition coefficient (Wildman–Crippen LogP) is 10.0. The normalized spacial score (nSPS) is 10.8. The van der Waals surface area contributed by atoms with Crippen molar-refractivity contribution in [3.63, 3.8) is 0 Å². The Morgan fingerprint density at radius 2 is 0.980 bits per heavy atom. The zero-order valence-electron chi connectivity index (χ0n) is 28.2. The molecule has 0 aliphatic heterocycles. The third-order valence-corrected chi connectivity index (χ3v) is 8.39. The number of nitrogens with zero attached hydrogens (tertiary/aromatic N) is 6. The number of hydrogen-bond donors (Lipinski definition) is 0. The van der Waals surface area contributed by atoms with Gasteiger partial charge in [0.15, 0.2) is 0 Å². The molecule has 0 unspecified atom stereocenters. The van der Waals surface area contributed by atoms with Gasteiger partial charge in [-0.15, -0.1) is 24.3 Å². The fourth-order valence-electron chi connectivity index (χ4n) is 6.14. The zero-order valence-corrected chi connectivity index (χ0v) is 33.0. The summed E-state index contributed by atoms with van der Waals surface area (Å²) in [5.41, 5.74) is 10.9. The third kappa shape index (κ3) is 7.30. The Kier molecular flexibility index (Phi) is 12.0. The number of rotatable bonds is 6. The van der Waals surface area contributed by atoms with Gasteiger partial charge in [0.05, 0.1) is 33.7 Å². The van der Waals surface area contributed by atoms with Gasteiger partial charge in [0.1, 0.15) is 0 Å². The van der Waals surface area contributed by atoms with Crippen molar-refractivity contribution in [2.75, 3.05) is 0 Å². The van der Waals surface area contributed by atoms with Crippen molar-refractivity contribution in [2.45, 2.75) is 39.5 Å². The van der Waals surface area contributed by atoms with E-state index < -0.39 is 0 Å². The monoisotopic (exact) mass is 1010 g/mol. The van der Waals surface area contributed by atoms with Gasteiger partial charge in [-0.1, -0.05) is 124 Å². The molecule has 4 aromatic carbocycles. The standard InChI is InChI=1S/C24H24N3.C18H12N3.2Ir/c1-16(2)19-10-7-11-20(17(3)4)23(19)27-22-13-6-5-12-21(22)26-24(27)18-9-8-14-25-15-18;1-2-8-15(9-3-1)21-17-11-5-4-10-16(17)20-18(21)14-7-6-12-19-13-14;;/h5-8,10-17H,1-4H3;1-6,8-13H;;/q2*-1;;. The van der Waals surface area contributed by atoms with Crippen LogP contribution >= 0.6 is 0 Å². The van der Waals surface area contributed by atoms with Gasteiger partial charge in [0.25, 0.3) is 0 Å². The average molecular weight is 1010 g/mol. The van der Waals surface area contributed by atoms with Crippen LogP contribution in [0.2, 0.25) is 0 Å². The minimum absolute atomic E-state index is 0. The van der Waals surface area contributed by atoms with Crippen LogP contribution in [-0.4, -0.2) is 29.1 Å². The first-order valence-corrected chi connectivity index (χ1v) is 16.3. The number of aromatic nitrogens is 6. The van der Waals surface area contributed by atoms with E-state index in [1.54, 1.807) is 18.6 Å². The molecule has 0 saturated carbocycles. The summed E-state index contributed by atoms with van der Waals surface area (Å²) in [6.45, 7) is 8.99. The molecule has 8 heteroatoms. The maximum absolute atomic E-state index is 4.95. The Labute approximate surface area is 320 Å². The molecule has 0 N–H and O–H groups in total. The molecule has 0 fully saturated rings. The first-order chi connectivity index (χ1) is 23.5. The number of imidazole rings is 2. The largest absolute Gasteiger partial charge is 0.360 e. The van der Waals surface area contributed by atoms with E-state index in [2.05, 4.69) is 114 Å². The first kappa shape index (κ1) is 36.7. The summed E-state index contributed by atoms with van der Waals surface area (Å²) in [7, 11) is 0. The van der Waals surface area contributed by atoms with Gasteiger partial charge in [-0.3, -0.25) is 9.97 Å². The Balaban J connectivity index is 0.000000192. The predicted molar refractivity (Wildman–Crippen MR) is 194 cm³/mol. The minimum atomic E-state index is 0. The Morgan fingerprint density at radius 3 is 1.46 bits per heavy atom. The fraction of sp³-hybridized carbons (Fsp3) is 0.143. The molecule has 8 rings (SSSR count). The van der Waals surface area contributed by atoms with Gasteiger partial charge in [0, 0.05) is 51.6 Å². The number of fused-ring (bicyclic) bond motifs is 2. The third-order valence-electron chi connectivity index (χ3n) is 8.39. The van der Waals surface area contributed by atoms with E-state index in [1.165, 1.54) is 16.8 Å². The molecule has 0 saturated heterocycles. The van der Waals surface area contributed by atoms with E-state index in [4.69, 9.17) is 9.97 Å². The van der Waals surface area contributed by atoms with Crippen LogP contribution in [0.3, 0.4) is 0 Å². The van der Waals surface area contributed by atoms with Gasteiger partial charge in [-0.2, -0.15) is 0 Å². The topological polar surface area (TPSA) is 61.4 Å². The summed E-state index contributed by atoms with van der Waals surface area (Å²) in [6, 6.07) is 43.5. The van der Waals surface area contributed by atoms with Crippen LogP contribution in [0.15, 0.2) is 134 Å². The average Bonchev–Trinajstić information content (AvgIpc) is 3.72. The van der Waals surface area contributed by atoms with Crippen LogP contribution in [0, 0.1) is 12.1 Å². The molecule has 0 aliphatic carbocycles. The van der Waals surface area contributed by atoms with E-state index in [9.17, 15) is 0 Å². The Morgan fingerprint density at radius 1 is 0.520 bits per heavy atom. The minimum Gasteiger partial charge on any atom is -0.360 e. The van der Waals surface area contributed by atoms with E-state index >= 15 is 0 Å². The maximum Gasteiger partial charge on any atom is 0.0774 e. The summed E-state index contributed by atoms with van der Waals surface area (Å²) in [4.78, 5) is 18.2. The van der Waals surface area contributed by atoms with E-state index in [0.29, 0.717) is 11.8 Å². The molecule has 2 radical (unpaired) electrons. The van der Waals surface area contributed by atoms with E-state index in [1.807, 2.05) is 60.8 Å². The first-order valence-electron chi connectivity index (χ1n) is 16.3. The summed E-state index contributed by atoms with van der Waals surface area (Å²) in [6.07, 6.45) is 7.10. The summed E-state index contributed by atoms with van der Waals surface area (Å²) < 4.78 is 4.44. The fourth-order valence-corrected chi connectivity index (χ4v) is 6.14. The Bertz CT molecular complexity index is 2270. The van der Waals surface area contributed by atoms with Crippen LogP contribution in [0.4, 0.5) is 0 Å². The molecule has 50 heavy (non-hydrogen) atoms.